The van der Waals surface area contributed by atoms with Crippen molar-refractivity contribution in [2.75, 3.05) is 6.54 Å². The van der Waals surface area contributed by atoms with Crippen molar-refractivity contribution >= 4 is 22.9 Å². The van der Waals surface area contributed by atoms with Crippen molar-refractivity contribution in [2.24, 2.45) is 0 Å². The molecule has 2 nitrogen and oxygen atoms in total. The number of aromatic nitrogens is 1. The van der Waals surface area contributed by atoms with E-state index in [0.29, 0.717) is 6.04 Å². The molecule has 0 spiro atoms. The van der Waals surface area contributed by atoms with E-state index in [-0.39, 0.29) is 0 Å². The van der Waals surface area contributed by atoms with E-state index in [1.165, 1.54) is 34.0 Å². The molecule has 1 N–H and O–H groups in total. The second-order valence-electron chi connectivity index (χ2n) is 5.23. The summed E-state index contributed by atoms with van der Waals surface area (Å²) in [6.07, 6.45) is 4.49. The monoisotopic (exact) mass is 306 g/mol. The lowest BCUT2D eigenvalue weighted by Gasteiger charge is -2.21. The third-order valence-electron chi connectivity index (χ3n) is 3.69. The van der Waals surface area contributed by atoms with Crippen LogP contribution in [0.5, 0.6) is 0 Å². The number of fused-ring (bicyclic) bond motifs is 1. The first-order valence-corrected chi connectivity index (χ1v) is 8.42. The molecule has 0 saturated carbocycles. The molecule has 1 aromatic heterocycles. The first kappa shape index (κ1) is 14.1. The molecule has 1 unspecified atom stereocenters. The Labute approximate surface area is 129 Å². The van der Waals surface area contributed by atoms with E-state index in [1.54, 1.807) is 0 Å². The molecule has 0 fully saturated rings. The van der Waals surface area contributed by atoms with Gasteiger partial charge in [-0.25, -0.2) is 4.98 Å². The predicted octanol–water partition coefficient (Wildman–Crippen LogP) is 4.37. The summed E-state index contributed by atoms with van der Waals surface area (Å²) in [5, 5.41) is 5.59. The van der Waals surface area contributed by atoms with Crippen LogP contribution in [0.3, 0.4) is 0 Å². The largest absolute Gasteiger partial charge is 0.309 e. The minimum absolute atomic E-state index is 0.509. The molecule has 3 rings (SSSR count). The molecule has 0 aliphatic heterocycles. The summed E-state index contributed by atoms with van der Waals surface area (Å²) in [5.41, 5.74) is 2.55. The highest BCUT2D eigenvalue weighted by molar-refractivity contribution is 7.11. The zero-order chi connectivity index (χ0) is 13.9. The van der Waals surface area contributed by atoms with Gasteiger partial charge in [-0.3, -0.25) is 0 Å². The summed E-state index contributed by atoms with van der Waals surface area (Å²) in [6, 6.07) is 8.58. The van der Waals surface area contributed by atoms with E-state index in [2.05, 4.69) is 18.3 Å². The first-order valence-electron chi connectivity index (χ1n) is 7.22. The van der Waals surface area contributed by atoms with Crippen LogP contribution in [0.4, 0.5) is 0 Å². The first-order chi connectivity index (χ1) is 9.76. The van der Waals surface area contributed by atoms with Crippen LogP contribution in [0.1, 0.15) is 46.9 Å². The van der Waals surface area contributed by atoms with Crippen molar-refractivity contribution in [1.29, 1.82) is 0 Å². The lowest BCUT2D eigenvalue weighted by Crippen LogP contribution is -2.23. The summed E-state index contributed by atoms with van der Waals surface area (Å²) in [4.78, 5) is 6.30. The number of hydrogen-bond donors (Lipinski definition) is 1. The fourth-order valence-electron chi connectivity index (χ4n) is 2.81. The summed E-state index contributed by atoms with van der Waals surface area (Å²) in [5.74, 6) is 0. The fourth-order valence-corrected chi connectivity index (χ4v) is 4.28. The number of nitrogens with one attached hydrogen (secondary N) is 1. The Morgan fingerprint density at radius 2 is 2.35 bits per heavy atom. The van der Waals surface area contributed by atoms with E-state index in [9.17, 15) is 0 Å². The van der Waals surface area contributed by atoms with Gasteiger partial charge in [0.1, 0.15) is 0 Å². The normalized spacial score (nSPS) is 18.0. The van der Waals surface area contributed by atoms with Crippen LogP contribution >= 0.6 is 22.9 Å². The summed E-state index contributed by atoms with van der Waals surface area (Å²) >= 11 is 7.92. The zero-order valence-electron chi connectivity index (χ0n) is 11.7. The second-order valence-corrected chi connectivity index (χ2v) is 6.78. The molecular weight excluding hydrogens is 288 g/mol. The fraction of sp³-hybridized carbons (Fsp3) is 0.438. The zero-order valence-corrected chi connectivity index (χ0v) is 13.2. The molecule has 1 heterocycles. The maximum absolute atomic E-state index is 6.05. The Hall–Kier alpha value is -0.900. The topological polar surface area (TPSA) is 24.9 Å². The smallest absolute Gasteiger partial charge is 0.0975 e. The van der Waals surface area contributed by atoms with Crippen LogP contribution in [0.25, 0.3) is 0 Å². The van der Waals surface area contributed by atoms with Crippen molar-refractivity contribution in [3.05, 3.63) is 50.4 Å². The summed E-state index contributed by atoms with van der Waals surface area (Å²) in [7, 11) is 0. The minimum Gasteiger partial charge on any atom is -0.309 e. The number of nitrogens with zero attached hydrogens (tertiary/aromatic N) is 1. The van der Waals surface area contributed by atoms with Crippen molar-refractivity contribution < 1.29 is 0 Å². The summed E-state index contributed by atoms with van der Waals surface area (Å²) in [6.45, 7) is 3.19. The van der Waals surface area contributed by atoms with Gasteiger partial charge in [-0.1, -0.05) is 30.7 Å². The molecule has 4 heteroatoms. The Morgan fingerprint density at radius 3 is 3.15 bits per heavy atom. The average molecular weight is 307 g/mol. The molecular formula is C16H19ClN2S. The maximum atomic E-state index is 6.05. The van der Waals surface area contributed by atoms with Gasteiger partial charge in [0, 0.05) is 22.4 Å². The highest BCUT2D eigenvalue weighted by Gasteiger charge is 2.23. The molecule has 0 saturated heterocycles. The molecule has 0 amide bonds. The van der Waals surface area contributed by atoms with E-state index in [4.69, 9.17) is 16.6 Å². The van der Waals surface area contributed by atoms with E-state index in [0.717, 1.165) is 24.4 Å². The Balaban J connectivity index is 1.82. The van der Waals surface area contributed by atoms with Crippen molar-refractivity contribution in [2.45, 2.75) is 38.6 Å². The van der Waals surface area contributed by atoms with Crippen LogP contribution in [-0.4, -0.2) is 11.5 Å². The number of hydrogen-bond acceptors (Lipinski definition) is 3. The van der Waals surface area contributed by atoms with Crippen LogP contribution in [0.2, 0.25) is 5.02 Å². The molecule has 0 bridgehead atoms. The molecule has 0 radical (unpaired) electrons. The van der Waals surface area contributed by atoms with Crippen molar-refractivity contribution in [3.63, 3.8) is 0 Å². The highest BCUT2D eigenvalue weighted by Crippen LogP contribution is 2.34. The third kappa shape index (κ3) is 3.05. The minimum atomic E-state index is 0.509. The molecule has 1 aromatic carbocycles. The predicted molar refractivity (Wildman–Crippen MR) is 85.7 cm³/mol. The van der Waals surface area contributed by atoms with Gasteiger partial charge in [0.2, 0.25) is 0 Å². The van der Waals surface area contributed by atoms with Crippen molar-refractivity contribution in [1.82, 2.24) is 10.3 Å². The number of aryl methyl sites for hydroxylation is 1. The van der Waals surface area contributed by atoms with Crippen LogP contribution in [0, 0.1) is 0 Å². The van der Waals surface area contributed by atoms with Gasteiger partial charge in [0.25, 0.3) is 0 Å². The Kier molecular flexibility index (Phi) is 4.39. The van der Waals surface area contributed by atoms with Gasteiger partial charge in [-0.05, 0) is 43.5 Å². The Morgan fingerprint density at radius 1 is 1.45 bits per heavy atom. The molecule has 1 atom stereocenters. The van der Waals surface area contributed by atoms with Crippen molar-refractivity contribution in [3.8, 4) is 0 Å². The number of benzene rings is 1. The maximum Gasteiger partial charge on any atom is 0.0975 e. The van der Waals surface area contributed by atoms with E-state index in [1.807, 2.05) is 29.5 Å². The lowest BCUT2D eigenvalue weighted by atomic mass is 9.98. The second kappa shape index (κ2) is 6.25. The highest BCUT2D eigenvalue weighted by atomic mass is 35.5. The van der Waals surface area contributed by atoms with Gasteiger partial charge in [-0.2, -0.15) is 0 Å². The molecule has 1 aliphatic carbocycles. The number of rotatable bonds is 4. The van der Waals surface area contributed by atoms with Crippen LogP contribution in [0.15, 0.2) is 24.3 Å². The van der Waals surface area contributed by atoms with Gasteiger partial charge >= 0.3 is 0 Å². The summed E-state index contributed by atoms with van der Waals surface area (Å²) < 4.78 is 0. The number of halogens is 1. The third-order valence-corrected chi connectivity index (χ3v) is 5.14. The number of thiazole rings is 1. The quantitative estimate of drug-likeness (QED) is 0.907. The van der Waals surface area contributed by atoms with Gasteiger partial charge < -0.3 is 5.32 Å². The van der Waals surface area contributed by atoms with Crippen LogP contribution < -0.4 is 5.32 Å². The SMILES string of the molecule is CCNC1CCCc2nc(Cc3cccc(Cl)c3)sc21. The molecule has 1 aliphatic rings. The molecule has 106 valence electrons. The molecule has 20 heavy (non-hydrogen) atoms. The van der Waals surface area contributed by atoms with Gasteiger partial charge in [-0.15, -0.1) is 11.3 Å². The Bertz CT molecular complexity index is 594. The van der Waals surface area contributed by atoms with E-state index >= 15 is 0 Å². The van der Waals surface area contributed by atoms with Gasteiger partial charge in [0.15, 0.2) is 0 Å². The van der Waals surface area contributed by atoms with E-state index < -0.39 is 0 Å². The van der Waals surface area contributed by atoms with Crippen LogP contribution in [-0.2, 0) is 12.8 Å². The molecule has 2 aromatic rings. The van der Waals surface area contributed by atoms with Gasteiger partial charge in [0.05, 0.1) is 10.7 Å². The average Bonchev–Trinajstić information content (AvgIpc) is 2.82. The lowest BCUT2D eigenvalue weighted by molar-refractivity contribution is 0.476. The standard InChI is InChI=1S/C16H19ClN2S/c1-2-18-13-7-4-8-14-16(13)20-15(19-14)10-11-5-3-6-12(17)9-11/h3,5-6,9,13,18H,2,4,7-8,10H2,1H3.